The molecule has 0 bridgehead atoms. The van der Waals surface area contributed by atoms with Gasteiger partial charge in [0.1, 0.15) is 0 Å². The highest BCUT2D eigenvalue weighted by molar-refractivity contribution is 5.76. The number of rotatable bonds is 4. The summed E-state index contributed by atoms with van der Waals surface area (Å²) < 4.78 is 0. The lowest BCUT2D eigenvalue weighted by atomic mass is 9.81. The van der Waals surface area contributed by atoms with Gasteiger partial charge in [-0.25, -0.2) is 0 Å². The van der Waals surface area contributed by atoms with Crippen LogP contribution in [0.5, 0.6) is 0 Å². The summed E-state index contributed by atoms with van der Waals surface area (Å²) in [6.07, 6.45) is 4.07. The zero-order valence-corrected chi connectivity index (χ0v) is 12.1. The molecule has 1 aromatic rings. The number of benzene rings is 1. The van der Waals surface area contributed by atoms with Crippen molar-refractivity contribution in [3.8, 4) is 0 Å². The summed E-state index contributed by atoms with van der Waals surface area (Å²) >= 11 is 0. The lowest BCUT2D eigenvalue weighted by Crippen LogP contribution is -2.35. The predicted octanol–water partition coefficient (Wildman–Crippen LogP) is 2.94. The van der Waals surface area contributed by atoms with Crippen LogP contribution in [-0.4, -0.2) is 29.1 Å². The van der Waals surface area contributed by atoms with Gasteiger partial charge in [-0.2, -0.15) is 0 Å². The zero-order chi connectivity index (χ0) is 14.2. The molecule has 0 radical (unpaired) electrons. The average molecular weight is 273 g/mol. The first-order valence-corrected chi connectivity index (χ1v) is 7.67. The van der Waals surface area contributed by atoms with Crippen molar-refractivity contribution in [1.82, 2.24) is 4.90 Å². The zero-order valence-electron chi connectivity index (χ0n) is 12.1. The summed E-state index contributed by atoms with van der Waals surface area (Å²) in [6.45, 7) is 4.73. The van der Waals surface area contributed by atoms with Crippen LogP contribution in [0.2, 0.25) is 0 Å². The molecular weight excluding hydrogens is 250 g/mol. The Morgan fingerprint density at radius 3 is 2.95 bits per heavy atom. The molecular formula is C17H23NO2. The molecule has 0 amide bonds. The molecule has 1 aromatic carbocycles. The van der Waals surface area contributed by atoms with Crippen molar-refractivity contribution in [1.29, 1.82) is 0 Å². The van der Waals surface area contributed by atoms with Crippen molar-refractivity contribution >= 4 is 5.97 Å². The van der Waals surface area contributed by atoms with Gasteiger partial charge in [0.2, 0.25) is 0 Å². The van der Waals surface area contributed by atoms with Gasteiger partial charge in [-0.1, -0.05) is 37.6 Å². The molecule has 2 fully saturated rings. The van der Waals surface area contributed by atoms with E-state index in [9.17, 15) is 9.90 Å². The third-order valence-corrected chi connectivity index (χ3v) is 5.17. The summed E-state index contributed by atoms with van der Waals surface area (Å²) in [5, 5.41) is 9.61. The minimum atomic E-state index is -0.579. The summed E-state index contributed by atoms with van der Waals surface area (Å²) in [5.41, 5.74) is 2.21. The van der Waals surface area contributed by atoms with Crippen LogP contribution in [-0.2, 0) is 17.8 Å². The second-order valence-electron chi connectivity index (χ2n) is 6.39. The van der Waals surface area contributed by atoms with E-state index in [2.05, 4.69) is 36.1 Å². The Hall–Kier alpha value is -1.35. The maximum atomic E-state index is 11.7. The standard InChI is InChI=1S/C17H23NO2/c1-2-13-5-3-6-14(9-13)10-18-11-15-7-4-8-17(15,12-18)16(19)20/h3,5-6,9,15H,2,4,7-8,10-12H2,1H3,(H,19,20)/t15-,17+/m0/s1. The van der Waals surface area contributed by atoms with E-state index in [0.29, 0.717) is 5.92 Å². The molecule has 1 saturated carbocycles. The lowest BCUT2D eigenvalue weighted by molar-refractivity contribution is -0.149. The SMILES string of the molecule is CCc1cccc(CN2C[C@@H]3CCC[C@@]3(C(=O)O)C2)c1. The molecule has 1 aliphatic heterocycles. The summed E-state index contributed by atoms with van der Waals surface area (Å²) in [5.74, 6) is -0.223. The molecule has 1 saturated heterocycles. The van der Waals surface area contributed by atoms with Crippen LogP contribution in [0.1, 0.15) is 37.3 Å². The van der Waals surface area contributed by atoms with Crippen molar-refractivity contribution in [3.63, 3.8) is 0 Å². The highest BCUT2D eigenvalue weighted by Gasteiger charge is 2.54. The maximum Gasteiger partial charge on any atom is 0.311 e. The number of hydrogen-bond acceptors (Lipinski definition) is 2. The molecule has 0 unspecified atom stereocenters. The minimum Gasteiger partial charge on any atom is -0.481 e. The molecule has 1 heterocycles. The van der Waals surface area contributed by atoms with E-state index in [4.69, 9.17) is 0 Å². The number of nitrogens with zero attached hydrogens (tertiary/aromatic N) is 1. The Balaban J connectivity index is 1.72. The van der Waals surface area contributed by atoms with E-state index in [0.717, 1.165) is 45.3 Å². The number of aliphatic carboxylic acids is 1. The van der Waals surface area contributed by atoms with Gasteiger partial charge in [0.05, 0.1) is 5.41 Å². The van der Waals surface area contributed by atoms with E-state index < -0.39 is 11.4 Å². The van der Waals surface area contributed by atoms with E-state index in [1.54, 1.807) is 0 Å². The van der Waals surface area contributed by atoms with E-state index >= 15 is 0 Å². The Labute approximate surface area is 120 Å². The van der Waals surface area contributed by atoms with E-state index in [1.165, 1.54) is 11.1 Å². The fraction of sp³-hybridized carbons (Fsp3) is 0.588. The third kappa shape index (κ3) is 2.24. The Morgan fingerprint density at radius 2 is 2.25 bits per heavy atom. The van der Waals surface area contributed by atoms with Crippen LogP contribution in [0, 0.1) is 11.3 Å². The van der Waals surface area contributed by atoms with Crippen molar-refractivity contribution in [2.45, 2.75) is 39.2 Å². The Kier molecular flexibility index (Phi) is 3.55. The number of carboxylic acid groups (broad SMARTS) is 1. The topological polar surface area (TPSA) is 40.5 Å². The molecule has 0 spiro atoms. The number of likely N-dealkylation sites (tertiary alicyclic amines) is 1. The van der Waals surface area contributed by atoms with Crippen LogP contribution >= 0.6 is 0 Å². The van der Waals surface area contributed by atoms with Crippen molar-refractivity contribution in [2.24, 2.45) is 11.3 Å². The normalized spacial score (nSPS) is 29.6. The monoisotopic (exact) mass is 273 g/mol. The highest BCUT2D eigenvalue weighted by Crippen LogP contribution is 2.49. The smallest absolute Gasteiger partial charge is 0.311 e. The van der Waals surface area contributed by atoms with Crippen molar-refractivity contribution in [3.05, 3.63) is 35.4 Å². The molecule has 1 N–H and O–H groups in total. The molecule has 108 valence electrons. The fourth-order valence-electron chi connectivity index (χ4n) is 4.07. The summed E-state index contributed by atoms with van der Waals surface area (Å²) in [7, 11) is 0. The highest BCUT2D eigenvalue weighted by atomic mass is 16.4. The number of carbonyl (C=O) groups is 1. The predicted molar refractivity (Wildman–Crippen MR) is 78.5 cm³/mol. The first-order chi connectivity index (χ1) is 9.64. The molecule has 2 atom stereocenters. The largest absolute Gasteiger partial charge is 0.481 e. The molecule has 2 aliphatic rings. The number of aryl methyl sites for hydroxylation is 1. The van der Waals surface area contributed by atoms with Crippen molar-refractivity contribution in [2.75, 3.05) is 13.1 Å². The Bertz CT molecular complexity index is 513. The van der Waals surface area contributed by atoms with Gasteiger partial charge in [0.25, 0.3) is 0 Å². The first-order valence-electron chi connectivity index (χ1n) is 7.67. The van der Waals surface area contributed by atoms with E-state index in [1.807, 2.05) is 0 Å². The van der Waals surface area contributed by atoms with Crippen LogP contribution in [0.25, 0.3) is 0 Å². The molecule has 1 aliphatic carbocycles. The molecule has 0 aromatic heterocycles. The summed E-state index contributed by atoms with van der Waals surface area (Å²) in [6, 6.07) is 8.67. The van der Waals surface area contributed by atoms with Gasteiger partial charge in [-0.05, 0) is 36.3 Å². The maximum absolute atomic E-state index is 11.7. The first kappa shape index (κ1) is 13.6. The molecule has 20 heavy (non-hydrogen) atoms. The number of fused-ring (bicyclic) bond motifs is 1. The minimum absolute atomic E-state index is 0.356. The average Bonchev–Trinajstić information content (AvgIpc) is 2.96. The molecule has 3 heteroatoms. The van der Waals surface area contributed by atoms with Crippen LogP contribution in [0.4, 0.5) is 0 Å². The van der Waals surface area contributed by atoms with Gasteiger partial charge in [-0.15, -0.1) is 0 Å². The third-order valence-electron chi connectivity index (χ3n) is 5.17. The van der Waals surface area contributed by atoms with Crippen molar-refractivity contribution < 1.29 is 9.90 Å². The van der Waals surface area contributed by atoms with Crippen LogP contribution in [0.15, 0.2) is 24.3 Å². The van der Waals surface area contributed by atoms with Crippen LogP contribution < -0.4 is 0 Å². The second kappa shape index (κ2) is 5.21. The lowest BCUT2D eigenvalue weighted by Gasteiger charge is -2.23. The number of hydrogen-bond donors (Lipinski definition) is 1. The fourth-order valence-corrected chi connectivity index (χ4v) is 4.07. The van der Waals surface area contributed by atoms with Gasteiger partial charge in [-0.3, -0.25) is 9.69 Å². The van der Waals surface area contributed by atoms with Gasteiger partial charge in [0.15, 0.2) is 0 Å². The van der Waals surface area contributed by atoms with Gasteiger partial charge >= 0.3 is 5.97 Å². The van der Waals surface area contributed by atoms with E-state index in [-0.39, 0.29) is 0 Å². The van der Waals surface area contributed by atoms with Crippen LogP contribution in [0.3, 0.4) is 0 Å². The molecule has 3 nitrogen and oxygen atoms in total. The number of carboxylic acids is 1. The second-order valence-corrected chi connectivity index (χ2v) is 6.39. The summed E-state index contributed by atoms with van der Waals surface area (Å²) in [4.78, 5) is 14.0. The quantitative estimate of drug-likeness (QED) is 0.917. The van der Waals surface area contributed by atoms with Gasteiger partial charge in [0, 0.05) is 19.6 Å². The molecule has 3 rings (SSSR count). The Morgan fingerprint density at radius 1 is 1.45 bits per heavy atom. The van der Waals surface area contributed by atoms with Gasteiger partial charge < -0.3 is 5.11 Å².